The van der Waals surface area contributed by atoms with Gasteiger partial charge in [0.15, 0.2) is 18.2 Å². The number of aliphatic hydroxyl groups is 1. The summed E-state index contributed by atoms with van der Waals surface area (Å²) >= 11 is 0. The van der Waals surface area contributed by atoms with Crippen LogP contribution in [0.15, 0.2) is 18.2 Å². The van der Waals surface area contributed by atoms with Crippen LogP contribution in [0.25, 0.3) is 0 Å². The highest BCUT2D eigenvalue weighted by atomic mass is 19.1. The molecule has 2 rings (SSSR count). The van der Waals surface area contributed by atoms with Crippen molar-refractivity contribution in [3.05, 3.63) is 29.6 Å². The number of benzene rings is 1. The molecule has 1 fully saturated rings. The summed E-state index contributed by atoms with van der Waals surface area (Å²) in [6, 6.07) is 4.25. The Labute approximate surface area is 111 Å². The second-order valence-electron chi connectivity index (χ2n) is 4.74. The first-order chi connectivity index (χ1) is 9.08. The molecule has 0 bridgehead atoms. The second kappa shape index (κ2) is 6.02. The van der Waals surface area contributed by atoms with E-state index < -0.39 is 11.9 Å². The molecule has 104 valence electrons. The van der Waals surface area contributed by atoms with E-state index in [1.54, 1.807) is 17.9 Å². The first-order valence-corrected chi connectivity index (χ1v) is 6.46. The average Bonchev–Trinajstić information content (AvgIpc) is 2.90. The lowest BCUT2D eigenvalue weighted by Gasteiger charge is -2.16. The van der Waals surface area contributed by atoms with Crippen molar-refractivity contribution in [3.63, 3.8) is 0 Å². The van der Waals surface area contributed by atoms with Crippen molar-refractivity contribution < 1.29 is 19.0 Å². The van der Waals surface area contributed by atoms with Crippen LogP contribution in [0, 0.1) is 5.82 Å². The van der Waals surface area contributed by atoms with Gasteiger partial charge in [-0.15, -0.1) is 0 Å². The predicted octanol–water partition coefficient (Wildman–Crippen LogP) is 1.88. The Balaban J connectivity index is 1.94. The van der Waals surface area contributed by atoms with Gasteiger partial charge in [0.2, 0.25) is 0 Å². The number of amides is 1. The van der Waals surface area contributed by atoms with Crippen LogP contribution in [0.4, 0.5) is 4.39 Å². The molecule has 4 nitrogen and oxygen atoms in total. The molecule has 5 heteroatoms. The maximum absolute atomic E-state index is 13.7. The zero-order valence-corrected chi connectivity index (χ0v) is 10.9. The standard InChI is InChI=1S/C14H18FNO3/c1-10(17)11-4-5-13(12(15)8-11)19-9-14(18)16-6-2-3-7-16/h4-5,8,10,17H,2-3,6-7,9H2,1H3/t10-/m0/s1. The van der Waals surface area contributed by atoms with E-state index in [9.17, 15) is 14.3 Å². The molecule has 1 aliphatic rings. The maximum atomic E-state index is 13.7. The molecule has 1 N–H and O–H groups in total. The Bertz CT molecular complexity index is 456. The van der Waals surface area contributed by atoms with Gasteiger partial charge in [-0.25, -0.2) is 4.39 Å². The van der Waals surface area contributed by atoms with Gasteiger partial charge in [-0.05, 0) is 37.5 Å². The van der Waals surface area contributed by atoms with Crippen molar-refractivity contribution in [2.45, 2.75) is 25.9 Å². The highest BCUT2D eigenvalue weighted by Gasteiger charge is 2.18. The minimum absolute atomic E-state index is 0.0388. The van der Waals surface area contributed by atoms with E-state index in [4.69, 9.17) is 4.74 Å². The SMILES string of the molecule is C[C@H](O)c1ccc(OCC(=O)N2CCCC2)c(F)c1. The van der Waals surface area contributed by atoms with Gasteiger partial charge in [0.25, 0.3) is 5.91 Å². The van der Waals surface area contributed by atoms with Gasteiger partial charge in [0.05, 0.1) is 6.10 Å². The summed E-state index contributed by atoms with van der Waals surface area (Å²) in [5.74, 6) is -0.638. The molecule has 1 aromatic rings. The van der Waals surface area contributed by atoms with Gasteiger partial charge >= 0.3 is 0 Å². The van der Waals surface area contributed by atoms with Gasteiger partial charge < -0.3 is 14.7 Å². The molecule has 19 heavy (non-hydrogen) atoms. The number of likely N-dealkylation sites (tertiary alicyclic amines) is 1. The number of hydrogen-bond acceptors (Lipinski definition) is 3. The number of ether oxygens (including phenoxy) is 1. The second-order valence-corrected chi connectivity index (χ2v) is 4.74. The van der Waals surface area contributed by atoms with Crippen LogP contribution < -0.4 is 4.74 Å². The Hall–Kier alpha value is -1.62. The normalized spacial score (nSPS) is 16.5. The molecule has 0 spiro atoms. The monoisotopic (exact) mass is 267 g/mol. The van der Waals surface area contributed by atoms with Crippen LogP contribution in [0.5, 0.6) is 5.75 Å². The maximum Gasteiger partial charge on any atom is 0.260 e. The molecular formula is C14H18FNO3. The summed E-state index contributed by atoms with van der Waals surface area (Å²) in [5.41, 5.74) is 0.482. The van der Waals surface area contributed by atoms with Crippen LogP contribution in [0.2, 0.25) is 0 Å². The van der Waals surface area contributed by atoms with Gasteiger partial charge in [0.1, 0.15) is 0 Å². The number of hydrogen-bond donors (Lipinski definition) is 1. The molecule has 1 amide bonds. The van der Waals surface area contributed by atoms with Gasteiger partial charge in [-0.1, -0.05) is 6.07 Å². The van der Waals surface area contributed by atoms with E-state index in [1.807, 2.05) is 0 Å². The summed E-state index contributed by atoms with van der Waals surface area (Å²) in [4.78, 5) is 13.5. The molecule has 0 aliphatic carbocycles. The Kier molecular flexibility index (Phi) is 4.37. The van der Waals surface area contributed by atoms with Crippen LogP contribution in [0.3, 0.4) is 0 Å². The molecule has 1 heterocycles. The summed E-state index contributed by atoms with van der Waals surface area (Å²) < 4.78 is 18.9. The largest absolute Gasteiger partial charge is 0.481 e. The van der Waals surface area contributed by atoms with E-state index in [0.29, 0.717) is 5.56 Å². The fraction of sp³-hybridized carbons (Fsp3) is 0.500. The zero-order chi connectivity index (χ0) is 13.8. The summed E-state index contributed by atoms with van der Waals surface area (Å²) in [7, 11) is 0. The van der Waals surface area contributed by atoms with E-state index >= 15 is 0 Å². The lowest BCUT2D eigenvalue weighted by Crippen LogP contribution is -2.32. The van der Waals surface area contributed by atoms with Crippen LogP contribution in [0.1, 0.15) is 31.4 Å². The number of carbonyl (C=O) groups is 1. The topological polar surface area (TPSA) is 49.8 Å². The highest BCUT2D eigenvalue weighted by Crippen LogP contribution is 2.22. The van der Waals surface area contributed by atoms with E-state index in [2.05, 4.69) is 0 Å². The Morgan fingerprint density at radius 2 is 2.16 bits per heavy atom. The smallest absolute Gasteiger partial charge is 0.260 e. The van der Waals surface area contributed by atoms with Crippen molar-refractivity contribution in [2.75, 3.05) is 19.7 Å². The molecule has 0 aromatic heterocycles. The van der Waals surface area contributed by atoms with Gasteiger partial charge in [-0.3, -0.25) is 4.79 Å². The van der Waals surface area contributed by atoms with Gasteiger partial charge in [-0.2, -0.15) is 0 Å². The van der Waals surface area contributed by atoms with E-state index in [0.717, 1.165) is 25.9 Å². The number of carbonyl (C=O) groups excluding carboxylic acids is 1. The number of rotatable bonds is 4. The third-order valence-corrected chi connectivity index (χ3v) is 3.25. The molecular weight excluding hydrogens is 249 g/mol. The lowest BCUT2D eigenvalue weighted by molar-refractivity contribution is -0.132. The molecule has 1 saturated heterocycles. The summed E-state index contributed by atoms with van der Waals surface area (Å²) in [5, 5.41) is 9.33. The van der Waals surface area contributed by atoms with Crippen LogP contribution in [-0.2, 0) is 4.79 Å². The van der Waals surface area contributed by atoms with Crippen molar-refractivity contribution in [1.29, 1.82) is 0 Å². The highest BCUT2D eigenvalue weighted by molar-refractivity contribution is 5.78. The first kappa shape index (κ1) is 13.8. The predicted molar refractivity (Wildman–Crippen MR) is 68.3 cm³/mol. The van der Waals surface area contributed by atoms with Crippen molar-refractivity contribution >= 4 is 5.91 Å². The first-order valence-electron chi connectivity index (χ1n) is 6.46. The minimum Gasteiger partial charge on any atom is -0.481 e. The molecule has 1 aliphatic heterocycles. The third-order valence-electron chi connectivity index (χ3n) is 3.25. The molecule has 0 saturated carbocycles. The number of aliphatic hydroxyl groups excluding tert-OH is 1. The van der Waals surface area contributed by atoms with E-state index in [-0.39, 0.29) is 18.3 Å². The van der Waals surface area contributed by atoms with Crippen LogP contribution >= 0.6 is 0 Å². The zero-order valence-electron chi connectivity index (χ0n) is 10.9. The van der Waals surface area contributed by atoms with Crippen LogP contribution in [-0.4, -0.2) is 35.6 Å². The van der Waals surface area contributed by atoms with Gasteiger partial charge in [0, 0.05) is 13.1 Å². The quantitative estimate of drug-likeness (QED) is 0.906. The average molecular weight is 267 g/mol. The van der Waals surface area contributed by atoms with E-state index in [1.165, 1.54) is 12.1 Å². The Morgan fingerprint density at radius 3 is 2.74 bits per heavy atom. The molecule has 0 radical (unpaired) electrons. The number of halogens is 1. The fourth-order valence-electron chi connectivity index (χ4n) is 2.09. The fourth-order valence-corrected chi connectivity index (χ4v) is 2.09. The molecule has 0 unspecified atom stereocenters. The molecule has 1 aromatic carbocycles. The summed E-state index contributed by atoms with van der Waals surface area (Å²) in [6.45, 7) is 2.93. The minimum atomic E-state index is -0.727. The van der Waals surface area contributed by atoms with Crippen molar-refractivity contribution in [1.82, 2.24) is 4.90 Å². The summed E-state index contributed by atoms with van der Waals surface area (Å²) in [6.07, 6.45) is 1.31. The number of nitrogens with zero attached hydrogens (tertiary/aromatic N) is 1. The lowest BCUT2D eigenvalue weighted by atomic mass is 10.1. The van der Waals surface area contributed by atoms with Crippen molar-refractivity contribution in [3.8, 4) is 5.75 Å². The Morgan fingerprint density at radius 1 is 1.47 bits per heavy atom. The third kappa shape index (κ3) is 3.44. The van der Waals surface area contributed by atoms with Crippen molar-refractivity contribution in [2.24, 2.45) is 0 Å². The molecule has 1 atom stereocenters.